The normalized spacial score (nSPS) is 26.7. The summed E-state index contributed by atoms with van der Waals surface area (Å²) in [4.78, 5) is 0. The third-order valence-electron chi connectivity index (χ3n) is 2.64. The molecule has 76 valence electrons. The van der Waals surface area contributed by atoms with Crippen LogP contribution in [0.25, 0.3) is 0 Å². The molecule has 1 saturated heterocycles. The van der Waals surface area contributed by atoms with Gasteiger partial charge < -0.3 is 5.32 Å². The van der Waals surface area contributed by atoms with Crippen LogP contribution in [-0.4, -0.2) is 19.3 Å². The molecule has 3 heteroatoms. The van der Waals surface area contributed by atoms with Gasteiger partial charge >= 0.3 is 0 Å². The van der Waals surface area contributed by atoms with Crippen molar-refractivity contribution in [3.05, 3.63) is 34.3 Å². The number of hydrogen-bond donors (Lipinski definition) is 1. The standard InChI is InChI=1S/C11H13BrFN/c12-10-3-1-2-8(5-10)4-9-6-14-7-11(9)13/h1-3,5,9,11,14H,4,6-7H2. The molecule has 0 bridgehead atoms. The molecule has 1 aromatic rings. The van der Waals surface area contributed by atoms with Gasteiger partial charge in [0.05, 0.1) is 0 Å². The molecule has 0 radical (unpaired) electrons. The van der Waals surface area contributed by atoms with Gasteiger partial charge in [0.1, 0.15) is 6.17 Å². The van der Waals surface area contributed by atoms with E-state index in [4.69, 9.17) is 0 Å². The van der Waals surface area contributed by atoms with E-state index in [2.05, 4.69) is 33.4 Å². The third kappa shape index (κ3) is 2.34. The summed E-state index contributed by atoms with van der Waals surface area (Å²) in [5.74, 6) is 0.143. The second kappa shape index (κ2) is 4.41. The Labute approximate surface area is 91.8 Å². The van der Waals surface area contributed by atoms with Crippen molar-refractivity contribution in [2.45, 2.75) is 12.6 Å². The number of nitrogens with one attached hydrogen (secondary N) is 1. The molecule has 1 aliphatic rings. The molecule has 0 aliphatic carbocycles. The fourth-order valence-corrected chi connectivity index (χ4v) is 2.31. The fourth-order valence-electron chi connectivity index (χ4n) is 1.87. The van der Waals surface area contributed by atoms with E-state index in [9.17, 15) is 4.39 Å². The lowest BCUT2D eigenvalue weighted by Crippen LogP contribution is -2.15. The minimum Gasteiger partial charge on any atom is -0.313 e. The number of rotatable bonds is 2. The first-order valence-electron chi connectivity index (χ1n) is 4.85. The molecular formula is C11H13BrFN. The highest BCUT2D eigenvalue weighted by molar-refractivity contribution is 9.10. The van der Waals surface area contributed by atoms with Crippen LogP contribution in [0.2, 0.25) is 0 Å². The molecule has 2 rings (SSSR count). The van der Waals surface area contributed by atoms with Gasteiger partial charge in [0.15, 0.2) is 0 Å². The monoisotopic (exact) mass is 257 g/mol. The van der Waals surface area contributed by atoms with Crippen LogP contribution in [0.1, 0.15) is 5.56 Å². The van der Waals surface area contributed by atoms with E-state index in [1.54, 1.807) is 0 Å². The van der Waals surface area contributed by atoms with E-state index < -0.39 is 6.17 Å². The maximum Gasteiger partial charge on any atom is 0.117 e. The van der Waals surface area contributed by atoms with E-state index in [1.807, 2.05) is 12.1 Å². The minimum atomic E-state index is -0.686. The Balaban J connectivity index is 2.03. The Hall–Kier alpha value is -0.410. The van der Waals surface area contributed by atoms with Crippen molar-refractivity contribution in [3.63, 3.8) is 0 Å². The van der Waals surface area contributed by atoms with Crippen LogP contribution in [-0.2, 0) is 6.42 Å². The van der Waals surface area contributed by atoms with E-state index in [0.717, 1.165) is 17.4 Å². The largest absolute Gasteiger partial charge is 0.313 e. The third-order valence-corrected chi connectivity index (χ3v) is 3.14. The molecule has 0 saturated carbocycles. The van der Waals surface area contributed by atoms with Gasteiger partial charge in [-0.15, -0.1) is 0 Å². The van der Waals surface area contributed by atoms with Crippen LogP contribution in [0.4, 0.5) is 4.39 Å². The molecular weight excluding hydrogens is 245 g/mol. The van der Waals surface area contributed by atoms with E-state index in [1.165, 1.54) is 5.56 Å². The lowest BCUT2D eigenvalue weighted by molar-refractivity contribution is 0.282. The van der Waals surface area contributed by atoms with Gasteiger partial charge in [-0.2, -0.15) is 0 Å². The minimum absolute atomic E-state index is 0.143. The van der Waals surface area contributed by atoms with Crippen molar-refractivity contribution in [1.29, 1.82) is 0 Å². The Morgan fingerprint density at radius 1 is 1.43 bits per heavy atom. The highest BCUT2D eigenvalue weighted by Gasteiger charge is 2.26. The molecule has 1 N–H and O–H groups in total. The Morgan fingerprint density at radius 3 is 2.93 bits per heavy atom. The Bertz CT molecular complexity index is 316. The van der Waals surface area contributed by atoms with E-state index in [-0.39, 0.29) is 5.92 Å². The second-order valence-corrected chi connectivity index (χ2v) is 4.68. The molecule has 14 heavy (non-hydrogen) atoms. The van der Waals surface area contributed by atoms with Gasteiger partial charge in [0.25, 0.3) is 0 Å². The topological polar surface area (TPSA) is 12.0 Å². The highest BCUT2D eigenvalue weighted by Crippen LogP contribution is 2.20. The van der Waals surface area contributed by atoms with Gasteiger partial charge in [0.2, 0.25) is 0 Å². The van der Waals surface area contributed by atoms with Gasteiger partial charge in [-0.25, -0.2) is 4.39 Å². The van der Waals surface area contributed by atoms with Crippen molar-refractivity contribution >= 4 is 15.9 Å². The van der Waals surface area contributed by atoms with Gasteiger partial charge in [0, 0.05) is 23.5 Å². The lowest BCUT2D eigenvalue weighted by atomic mass is 9.98. The average molecular weight is 258 g/mol. The number of alkyl halides is 1. The van der Waals surface area contributed by atoms with Crippen LogP contribution in [0, 0.1) is 5.92 Å². The van der Waals surface area contributed by atoms with Gasteiger partial charge in [-0.3, -0.25) is 0 Å². The van der Waals surface area contributed by atoms with Crippen LogP contribution < -0.4 is 5.32 Å². The summed E-state index contributed by atoms with van der Waals surface area (Å²) in [5, 5.41) is 3.07. The summed E-state index contributed by atoms with van der Waals surface area (Å²) >= 11 is 3.42. The van der Waals surface area contributed by atoms with Crippen molar-refractivity contribution in [2.75, 3.05) is 13.1 Å². The SMILES string of the molecule is FC1CNCC1Cc1cccc(Br)c1. The first kappa shape index (κ1) is 10.1. The zero-order valence-corrected chi connectivity index (χ0v) is 9.43. The average Bonchev–Trinajstić information content (AvgIpc) is 2.52. The Morgan fingerprint density at radius 2 is 2.29 bits per heavy atom. The zero-order chi connectivity index (χ0) is 9.97. The first-order chi connectivity index (χ1) is 6.75. The van der Waals surface area contributed by atoms with Crippen molar-refractivity contribution in [2.24, 2.45) is 5.92 Å². The van der Waals surface area contributed by atoms with E-state index in [0.29, 0.717) is 6.54 Å². The van der Waals surface area contributed by atoms with Gasteiger partial charge in [-0.05, 0) is 24.1 Å². The summed E-state index contributed by atoms with van der Waals surface area (Å²) in [6, 6.07) is 8.10. The number of halogens is 2. The highest BCUT2D eigenvalue weighted by atomic mass is 79.9. The first-order valence-corrected chi connectivity index (χ1v) is 5.64. The molecule has 0 spiro atoms. The summed E-state index contributed by atoms with van der Waals surface area (Å²) < 4.78 is 14.4. The molecule has 0 aromatic heterocycles. The summed E-state index contributed by atoms with van der Waals surface area (Å²) in [5.41, 5.74) is 1.20. The molecule has 1 heterocycles. The van der Waals surface area contributed by atoms with Gasteiger partial charge in [-0.1, -0.05) is 28.1 Å². The molecule has 0 amide bonds. The van der Waals surface area contributed by atoms with Crippen LogP contribution in [0.15, 0.2) is 28.7 Å². The molecule has 1 nitrogen and oxygen atoms in total. The van der Waals surface area contributed by atoms with Crippen molar-refractivity contribution in [1.82, 2.24) is 5.32 Å². The van der Waals surface area contributed by atoms with E-state index >= 15 is 0 Å². The molecule has 2 atom stereocenters. The number of benzene rings is 1. The Kier molecular flexibility index (Phi) is 3.19. The molecule has 1 aliphatic heterocycles. The maximum absolute atomic E-state index is 13.3. The van der Waals surface area contributed by atoms with Crippen LogP contribution in [0.3, 0.4) is 0 Å². The van der Waals surface area contributed by atoms with Crippen LogP contribution in [0.5, 0.6) is 0 Å². The van der Waals surface area contributed by atoms with Crippen LogP contribution >= 0.6 is 15.9 Å². The lowest BCUT2D eigenvalue weighted by Gasteiger charge is -2.11. The molecule has 1 aromatic carbocycles. The van der Waals surface area contributed by atoms with Crippen molar-refractivity contribution in [3.8, 4) is 0 Å². The van der Waals surface area contributed by atoms with Crippen molar-refractivity contribution < 1.29 is 4.39 Å². The summed E-state index contributed by atoms with van der Waals surface area (Å²) in [6.45, 7) is 1.31. The quantitative estimate of drug-likeness (QED) is 0.859. The second-order valence-electron chi connectivity index (χ2n) is 3.77. The smallest absolute Gasteiger partial charge is 0.117 e. The summed E-state index contributed by atoms with van der Waals surface area (Å²) in [7, 11) is 0. The summed E-state index contributed by atoms with van der Waals surface area (Å²) in [6.07, 6.45) is 0.141. The predicted octanol–water partition coefficient (Wildman–Crippen LogP) is 2.55. The molecule has 1 fully saturated rings. The zero-order valence-electron chi connectivity index (χ0n) is 7.84. The number of hydrogen-bond acceptors (Lipinski definition) is 1. The fraction of sp³-hybridized carbons (Fsp3) is 0.455. The predicted molar refractivity (Wildman–Crippen MR) is 59.1 cm³/mol. The molecule has 2 unspecified atom stereocenters. The maximum atomic E-state index is 13.3.